The van der Waals surface area contributed by atoms with Crippen LogP contribution in [0.1, 0.15) is 18.9 Å². The van der Waals surface area contributed by atoms with E-state index in [9.17, 15) is 4.79 Å². The quantitative estimate of drug-likeness (QED) is 0.653. The number of nitrogens with zero attached hydrogens (tertiary/aromatic N) is 2. The van der Waals surface area contributed by atoms with Gasteiger partial charge in [-0.15, -0.1) is 0 Å². The molecule has 7 nitrogen and oxygen atoms in total. The van der Waals surface area contributed by atoms with Crippen molar-refractivity contribution in [3.8, 4) is 22.8 Å². The van der Waals surface area contributed by atoms with Crippen LogP contribution in [0.4, 0.5) is 5.82 Å². The highest BCUT2D eigenvalue weighted by Crippen LogP contribution is 2.26. The first-order valence-electron chi connectivity index (χ1n) is 8.68. The van der Waals surface area contributed by atoms with Gasteiger partial charge in [0.1, 0.15) is 11.5 Å². The van der Waals surface area contributed by atoms with E-state index in [1.807, 2.05) is 48.5 Å². The summed E-state index contributed by atoms with van der Waals surface area (Å²) in [6.07, 6.45) is 1.15. The summed E-state index contributed by atoms with van der Waals surface area (Å²) in [5, 5.41) is 10.5. The SMILES string of the molecule is CCCOc1ccc(-c2nonc2NC(=O)Cc2ccc(OC)cc2)cc1. The summed E-state index contributed by atoms with van der Waals surface area (Å²) in [5.74, 6) is 1.60. The molecule has 0 bridgehead atoms. The number of benzene rings is 2. The van der Waals surface area contributed by atoms with E-state index in [4.69, 9.17) is 14.1 Å². The molecule has 0 radical (unpaired) electrons. The molecule has 2 aromatic carbocycles. The maximum absolute atomic E-state index is 12.3. The second kappa shape index (κ2) is 8.84. The molecule has 0 fully saturated rings. The molecule has 0 saturated heterocycles. The molecule has 1 aromatic heterocycles. The summed E-state index contributed by atoms with van der Waals surface area (Å²) in [6, 6.07) is 14.7. The second-order valence-corrected chi connectivity index (χ2v) is 5.91. The Morgan fingerprint density at radius 2 is 1.74 bits per heavy atom. The fourth-order valence-corrected chi connectivity index (χ4v) is 2.49. The van der Waals surface area contributed by atoms with Crippen LogP contribution in [0.15, 0.2) is 53.2 Å². The monoisotopic (exact) mass is 367 g/mol. The van der Waals surface area contributed by atoms with Gasteiger partial charge in [-0.1, -0.05) is 19.1 Å². The zero-order chi connectivity index (χ0) is 19.1. The number of amides is 1. The molecule has 0 aliphatic heterocycles. The van der Waals surface area contributed by atoms with E-state index in [1.165, 1.54) is 0 Å². The largest absolute Gasteiger partial charge is 0.497 e. The number of rotatable bonds is 8. The van der Waals surface area contributed by atoms with Crippen LogP contribution in [0.3, 0.4) is 0 Å². The van der Waals surface area contributed by atoms with Gasteiger partial charge in [0, 0.05) is 5.56 Å². The average molecular weight is 367 g/mol. The molecule has 0 atom stereocenters. The zero-order valence-corrected chi connectivity index (χ0v) is 15.3. The van der Waals surface area contributed by atoms with E-state index >= 15 is 0 Å². The number of hydrogen-bond donors (Lipinski definition) is 1. The van der Waals surface area contributed by atoms with E-state index in [1.54, 1.807) is 7.11 Å². The molecule has 27 heavy (non-hydrogen) atoms. The number of anilines is 1. The third kappa shape index (κ3) is 4.84. The molecule has 0 unspecified atom stereocenters. The van der Waals surface area contributed by atoms with Gasteiger partial charge in [-0.3, -0.25) is 4.79 Å². The van der Waals surface area contributed by atoms with Crippen molar-refractivity contribution in [3.05, 3.63) is 54.1 Å². The number of nitrogens with one attached hydrogen (secondary N) is 1. The fraction of sp³-hybridized carbons (Fsp3) is 0.250. The summed E-state index contributed by atoms with van der Waals surface area (Å²) in [5.41, 5.74) is 2.11. The molecule has 0 spiro atoms. The summed E-state index contributed by atoms with van der Waals surface area (Å²) in [4.78, 5) is 12.3. The van der Waals surface area contributed by atoms with Crippen LogP contribution in [0, 0.1) is 0 Å². The highest BCUT2D eigenvalue weighted by Gasteiger charge is 2.15. The van der Waals surface area contributed by atoms with Gasteiger partial charge in [-0.25, -0.2) is 4.63 Å². The molecule has 7 heteroatoms. The molecule has 0 saturated carbocycles. The Morgan fingerprint density at radius 1 is 1.04 bits per heavy atom. The maximum atomic E-state index is 12.3. The number of carbonyl (C=O) groups is 1. The number of methoxy groups -OCH3 is 1. The molecule has 0 aliphatic rings. The van der Waals surface area contributed by atoms with Crippen molar-refractivity contribution in [2.24, 2.45) is 0 Å². The number of ether oxygens (including phenoxy) is 2. The van der Waals surface area contributed by atoms with E-state index < -0.39 is 0 Å². The molecule has 140 valence electrons. The molecule has 1 heterocycles. The normalized spacial score (nSPS) is 10.4. The van der Waals surface area contributed by atoms with Crippen LogP contribution in [-0.2, 0) is 11.2 Å². The van der Waals surface area contributed by atoms with Crippen LogP contribution in [0.2, 0.25) is 0 Å². The van der Waals surface area contributed by atoms with Crippen molar-refractivity contribution in [3.63, 3.8) is 0 Å². The van der Waals surface area contributed by atoms with Crippen LogP contribution in [-0.4, -0.2) is 29.9 Å². The Kier molecular flexibility index (Phi) is 6.04. The summed E-state index contributed by atoms with van der Waals surface area (Å²) in [6.45, 7) is 2.72. The number of aromatic nitrogens is 2. The third-order valence-electron chi connectivity index (χ3n) is 3.87. The molecular weight excluding hydrogens is 346 g/mol. The van der Waals surface area contributed by atoms with Gasteiger partial charge in [0.25, 0.3) is 0 Å². The lowest BCUT2D eigenvalue weighted by molar-refractivity contribution is -0.115. The maximum Gasteiger partial charge on any atom is 0.230 e. The van der Waals surface area contributed by atoms with Crippen molar-refractivity contribution in [1.82, 2.24) is 10.3 Å². The fourth-order valence-electron chi connectivity index (χ4n) is 2.49. The van der Waals surface area contributed by atoms with Crippen molar-refractivity contribution in [2.75, 3.05) is 19.0 Å². The Bertz CT molecular complexity index is 873. The Hall–Kier alpha value is -3.35. The van der Waals surface area contributed by atoms with Crippen molar-refractivity contribution in [1.29, 1.82) is 0 Å². The molecule has 0 aliphatic carbocycles. The zero-order valence-electron chi connectivity index (χ0n) is 15.3. The smallest absolute Gasteiger partial charge is 0.230 e. The topological polar surface area (TPSA) is 86.5 Å². The number of carbonyl (C=O) groups excluding carboxylic acids is 1. The van der Waals surface area contributed by atoms with Crippen molar-refractivity contribution < 1.29 is 18.9 Å². The summed E-state index contributed by atoms with van der Waals surface area (Å²) < 4.78 is 15.5. The Morgan fingerprint density at radius 3 is 2.41 bits per heavy atom. The van der Waals surface area contributed by atoms with E-state index in [-0.39, 0.29) is 18.1 Å². The lowest BCUT2D eigenvalue weighted by atomic mass is 10.1. The Balaban J connectivity index is 1.66. The van der Waals surface area contributed by atoms with E-state index in [2.05, 4.69) is 22.6 Å². The first-order chi connectivity index (χ1) is 13.2. The first-order valence-corrected chi connectivity index (χ1v) is 8.68. The lowest BCUT2D eigenvalue weighted by Gasteiger charge is -2.06. The predicted molar refractivity (Wildman–Crippen MR) is 101 cm³/mol. The predicted octanol–water partition coefficient (Wildman–Crippen LogP) is 3.72. The molecular formula is C20H21N3O4. The molecule has 1 N–H and O–H groups in total. The second-order valence-electron chi connectivity index (χ2n) is 5.91. The molecule has 1 amide bonds. The third-order valence-corrected chi connectivity index (χ3v) is 3.87. The highest BCUT2D eigenvalue weighted by molar-refractivity contribution is 5.94. The van der Waals surface area contributed by atoms with Gasteiger partial charge in [-0.2, -0.15) is 0 Å². The highest BCUT2D eigenvalue weighted by atomic mass is 16.6. The van der Waals surface area contributed by atoms with Crippen molar-refractivity contribution in [2.45, 2.75) is 19.8 Å². The first kappa shape index (κ1) is 18.4. The van der Waals surface area contributed by atoms with Gasteiger partial charge in [0.2, 0.25) is 11.7 Å². The van der Waals surface area contributed by atoms with Crippen LogP contribution >= 0.6 is 0 Å². The van der Waals surface area contributed by atoms with Crippen LogP contribution < -0.4 is 14.8 Å². The summed E-state index contributed by atoms with van der Waals surface area (Å²) in [7, 11) is 1.60. The molecule has 3 aromatic rings. The standard InChI is InChI=1S/C20H21N3O4/c1-3-12-26-17-10-6-15(7-11-17)19-20(23-27-22-19)21-18(24)13-14-4-8-16(25-2)9-5-14/h4-11H,3,12-13H2,1-2H3,(H,21,23,24). The van der Waals surface area contributed by atoms with Crippen molar-refractivity contribution >= 4 is 11.7 Å². The Labute approximate surface area is 157 Å². The lowest BCUT2D eigenvalue weighted by Crippen LogP contribution is -2.15. The minimum Gasteiger partial charge on any atom is -0.497 e. The van der Waals surface area contributed by atoms with Crippen LogP contribution in [0.5, 0.6) is 11.5 Å². The van der Waals surface area contributed by atoms with Gasteiger partial charge < -0.3 is 14.8 Å². The van der Waals surface area contributed by atoms with Gasteiger partial charge >= 0.3 is 0 Å². The minimum atomic E-state index is -0.208. The number of hydrogen-bond acceptors (Lipinski definition) is 6. The van der Waals surface area contributed by atoms with Gasteiger partial charge in [0.05, 0.1) is 20.1 Å². The van der Waals surface area contributed by atoms with Gasteiger partial charge in [0.15, 0.2) is 5.69 Å². The minimum absolute atomic E-state index is 0.208. The van der Waals surface area contributed by atoms with Gasteiger partial charge in [-0.05, 0) is 58.7 Å². The van der Waals surface area contributed by atoms with E-state index in [0.717, 1.165) is 29.0 Å². The van der Waals surface area contributed by atoms with E-state index in [0.29, 0.717) is 12.3 Å². The van der Waals surface area contributed by atoms with Crippen LogP contribution in [0.25, 0.3) is 11.3 Å². The average Bonchev–Trinajstić information content (AvgIpc) is 3.15. The molecule has 3 rings (SSSR count). The summed E-state index contributed by atoms with van der Waals surface area (Å²) >= 11 is 0.